The summed E-state index contributed by atoms with van der Waals surface area (Å²) in [5.74, 6) is 0.669. The van der Waals surface area contributed by atoms with Crippen molar-refractivity contribution in [3.8, 4) is 11.5 Å². The van der Waals surface area contributed by atoms with Gasteiger partial charge in [-0.25, -0.2) is 4.98 Å². The van der Waals surface area contributed by atoms with E-state index in [2.05, 4.69) is 69.6 Å². The van der Waals surface area contributed by atoms with Gasteiger partial charge in [0.1, 0.15) is 5.52 Å². The Morgan fingerprint density at radius 1 is 0.917 bits per heavy atom. The van der Waals surface area contributed by atoms with Crippen LogP contribution in [0.15, 0.2) is 45.3 Å². The molecule has 2 nitrogen and oxygen atoms in total. The number of aromatic nitrogens is 1. The van der Waals surface area contributed by atoms with Crippen LogP contribution in [-0.4, -0.2) is 4.98 Å². The van der Waals surface area contributed by atoms with Gasteiger partial charge in [-0.3, -0.25) is 0 Å². The van der Waals surface area contributed by atoms with E-state index in [1.165, 1.54) is 11.1 Å². The molecule has 0 amide bonds. The fourth-order valence-electron chi connectivity index (χ4n) is 2.77. The van der Waals surface area contributed by atoms with E-state index in [0.29, 0.717) is 5.89 Å². The molecule has 0 aliphatic heterocycles. The van der Waals surface area contributed by atoms with Gasteiger partial charge in [0.15, 0.2) is 5.58 Å². The van der Waals surface area contributed by atoms with Gasteiger partial charge in [0.25, 0.3) is 0 Å². The summed E-state index contributed by atoms with van der Waals surface area (Å²) >= 11 is 3.52. The third-order valence-electron chi connectivity index (χ3n) is 4.24. The second kappa shape index (κ2) is 5.73. The number of halogens is 1. The first-order valence-corrected chi connectivity index (χ1v) is 9.06. The highest BCUT2D eigenvalue weighted by Gasteiger charge is 2.25. The summed E-state index contributed by atoms with van der Waals surface area (Å²) in [5, 5.41) is 0. The standard InChI is InChI=1S/C21H24BrNO/c1-20(2,3)14-11-16(21(4,5)6)18-17(12-14)23-19(24-18)13-8-7-9-15(22)10-13/h7-12H,1-6H3. The Labute approximate surface area is 152 Å². The average Bonchev–Trinajstić information content (AvgIpc) is 2.88. The molecule has 0 aliphatic carbocycles. The van der Waals surface area contributed by atoms with Crippen molar-refractivity contribution in [2.45, 2.75) is 52.4 Å². The van der Waals surface area contributed by atoms with Crippen molar-refractivity contribution in [1.82, 2.24) is 4.98 Å². The van der Waals surface area contributed by atoms with E-state index in [-0.39, 0.29) is 10.8 Å². The maximum atomic E-state index is 6.20. The van der Waals surface area contributed by atoms with Crippen molar-refractivity contribution >= 4 is 27.0 Å². The summed E-state index contributed by atoms with van der Waals surface area (Å²) in [4.78, 5) is 4.78. The number of nitrogens with zero attached hydrogens (tertiary/aromatic N) is 1. The normalized spacial score (nSPS) is 12.8. The van der Waals surface area contributed by atoms with Crippen LogP contribution in [0.25, 0.3) is 22.6 Å². The first-order chi connectivity index (χ1) is 11.1. The smallest absolute Gasteiger partial charge is 0.227 e. The Bertz CT molecular complexity index is 894. The summed E-state index contributed by atoms with van der Waals surface area (Å²) in [5.41, 5.74) is 5.37. The molecule has 2 aromatic carbocycles. The third kappa shape index (κ3) is 3.27. The minimum atomic E-state index is -0.00636. The number of oxazole rings is 1. The van der Waals surface area contributed by atoms with Crippen molar-refractivity contribution in [3.63, 3.8) is 0 Å². The van der Waals surface area contributed by atoms with Crippen molar-refractivity contribution in [3.05, 3.63) is 52.0 Å². The van der Waals surface area contributed by atoms with Gasteiger partial charge in [-0.15, -0.1) is 0 Å². The topological polar surface area (TPSA) is 26.0 Å². The lowest BCUT2D eigenvalue weighted by atomic mass is 9.80. The molecule has 0 bridgehead atoms. The first kappa shape index (κ1) is 17.2. The van der Waals surface area contributed by atoms with Gasteiger partial charge in [0.05, 0.1) is 0 Å². The average molecular weight is 386 g/mol. The zero-order valence-corrected chi connectivity index (χ0v) is 16.8. The number of fused-ring (bicyclic) bond motifs is 1. The lowest BCUT2D eigenvalue weighted by Crippen LogP contribution is -2.16. The van der Waals surface area contributed by atoms with E-state index in [0.717, 1.165) is 21.1 Å². The van der Waals surface area contributed by atoms with Crippen LogP contribution >= 0.6 is 15.9 Å². The third-order valence-corrected chi connectivity index (χ3v) is 4.73. The molecule has 0 saturated carbocycles. The Kier molecular flexibility index (Phi) is 4.11. The van der Waals surface area contributed by atoms with Crippen molar-refractivity contribution < 1.29 is 4.42 Å². The van der Waals surface area contributed by atoms with Crippen LogP contribution in [0.5, 0.6) is 0 Å². The van der Waals surface area contributed by atoms with E-state index >= 15 is 0 Å². The molecule has 0 radical (unpaired) electrons. The van der Waals surface area contributed by atoms with Crippen LogP contribution in [-0.2, 0) is 10.8 Å². The van der Waals surface area contributed by atoms with E-state index in [9.17, 15) is 0 Å². The fourth-order valence-corrected chi connectivity index (χ4v) is 3.17. The Morgan fingerprint density at radius 2 is 1.62 bits per heavy atom. The fraction of sp³-hybridized carbons (Fsp3) is 0.381. The van der Waals surface area contributed by atoms with E-state index < -0.39 is 0 Å². The number of rotatable bonds is 1. The molecule has 0 atom stereocenters. The zero-order chi connectivity index (χ0) is 17.7. The lowest BCUT2D eigenvalue weighted by molar-refractivity contribution is 0.552. The lowest BCUT2D eigenvalue weighted by Gasteiger charge is -2.24. The van der Waals surface area contributed by atoms with Crippen LogP contribution in [0.1, 0.15) is 52.7 Å². The second-order valence-electron chi connectivity index (χ2n) is 8.40. The molecule has 0 saturated heterocycles. The number of hydrogen-bond donors (Lipinski definition) is 0. The molecular formula is C21H24BrNO. The van der Waals surface area contributed by atoms with Crippen LogP contribution in [0.3, 0.4) is 0 Å². The number of hydrogen-bond acceptors (Lipinski definition) is 2. The molecule has 0 aliphatic rings. The Balaban J connectivity index is 2.28. The summed E-state index contributed by atoms with van der Waals surface area (Å²) < 4.78 is 7.22. The van der Waals surface area contributed by atoms with E-state index in [1.807, 2.05) is 24.3 Å². The highest BCUT2D eigenvalue weighted by atomic mass is 79.9. The molecule has 1 aromatic heterocycles. The summed E-state index contributed by atoms with van der Waals surface area (Å²) in [6, 6.07) is 12.5. The van der Waals surface area contributed by atoms with Gasteiger partial charge in [0, 0.05) is 15.6 Å². The summed E-state index contributed by atoms with van der Waals surface area (Å²) in [6.07, 6.45) is 0. The largest absolute Gasteiger partial charge is 0.436 e. The highest BCUT2D eigenvalue weighted by Crippen LogP contribution is 2.37. The molecule has 0 fully saturated rings. The first-order valence-electron chi connectivity index (χ1n) is 8.27. The molecular weight excluding hydrogens is 362 g/mol. The minimum Gasteiger partial charge on any atom is -0.436 e. The number of benzene rings is 2. The second-order valence-corrected chi connectivity index (χ2v) is 9.32. The molecule has 24 heavy (non-hydrogen) atoms. The predicted molar refractivity (Wildman–Crippen MR) is 105 cm³/mol. The van der Waals surface area contributed by atoms with Crippen molar-refractivity contribution in [2.24, 2.45) is 0 Å². The van der Waals surface area contributed by atoms with Crippen molar-refractivity contribution in [2.75, 3.05) is 0 Å². The monoisotopic (exact) mass is 385 g/mol. The molecule has 1 heterocycles. The van der Waals surface area contributed by atoms with Gasteiger partial charge in [0.2, 0.25) is 5.89 Å². The summed E-state index contributed by atoms with van der Waals surface area (Å²) in [6.45, 7) is 13.3. The van der Waals surface area contributed by atoms with E-state index in [4.69, 9.17) is 9.40 Å². The van der Waals surface area contributed by atoms with Crippen LogP contribution in [0.4, 0.5) is 0 Å². The van der Waals surface area contributed by atoms with Gasteiger partial charge in [-0.1, -0.05) is 69.6 Å². The molecule has 0 unspecified atom stereocenters. The summed E-state index contributed by atoms with van der Waals surface area (Å²) in [7, 11) is 0. The maximum absolute atomic E-state index is 6.20. The van der Waals surface area contributed by atoms with E-state index in [1.54, 1.807) is 0 Å². The molecule has 3 heteroatoms. The Hall–Kier alpha value is -1.61. The van der Waals surface area contributed by atoms with Crippen molar-refractivity contribution in [1.29, 1.82) is 0 Å². The predicted octanol–water partition coefficient (Wildman–Crippen LogP) is 6.85. The zero-order valence-electron chi connectivity index (χ0n) is 15.2. The minimum absolute atomic E-state index is 0.00636. The molecule has 0 N–H and O–H groups in total. The van der Waals surface area contributed by atoms with Crippen LogP contribution < -0.4 is 0 Å². The van der Waals surface area contributed by atoms with Crippen LogP contribution in [0.2, 0.25) is 0 Å². The van der Waals surface area contributed by atoms with Crippen LogP contribution in [0, 0.1) is 0 Å². The molecule has 3 aromatic rings. The quantitative estimate of drug-likeness (QED) is 0.457. The van der Waals surface area contributed by atoms with Gasteiger partial charge in [-0.2, -0.15) is 0 Å². The highest BCUT2D eigenvalue weighted by molar-refractivity contribution is 9.10. The Morgan fingerprint density at radius 3 is 2.21 bits per heavy atom. The SMILES string of the molecule is CC(C)(C)c1cc(C(C)(C)C)c2oc(-c3cccc(Br)c3)nc2c1. The maximum Gasteiger partial charge on any atom is 0.227 e. The van der Waals surface area contributed by atoms with Gasteiger partial charge in [-0.05, 0) is 40.7 Å². The molecule has 126 valence electrons. The van der Waals surface area contributed by atoms with Gasteiger partial charge < -0.3 is 4.42 Å². The van der Waals surface area contributed by atoms with Gasteiger partial charge >= 0.3 is 0 Å². The molecule has 0 spiro atoms. The molecule has 3 rings (SSSR count).